The quantitative estimate of drug-likeness (QED) is 0.182. The molecule has 1 aliphatic heterocycles. The van der Waals surface area contributed by atoms with Gasteiger partial charge in [-0.05, 0) is 5.76 Å². The fourth-order valence-corrected chi connectivity index (χ4v) is 1.47. The van der Waals surface area contributed by atoms with E-state index < -0.39 is 54.2 Å². The zero-order chi connectivity index (χ0) is 17.4. The summed E-state index contributed by atoms with van der Waals surface area (Å²) >= 11 is 3.69. The van der Waals surface area contributed by atoms with E-state index in [2.05, 4.69) is 22.7 Å². The van der Waals surface area contributed by atoms with E-state index >= 15 is 0 Å². The third-order valence-corrected chi connectivity index (χ3v) is 2.67. The number of cyclic esters (lactones) is 1. The summed E-state index contributed by atoms with van der Waals surface area (Å²) < 4.78 is 4.25. The molecule has 1 heterocycles. The molecule has 1 rings (SSSR count). The second kappa shape index (κ2) is 11.3. The average molecular weight is 362 g/mol. The summed E-state index contributed by atoms with van der Waals surface area (Å²) in [5.41, 5.74) is 0. The monoisotopic (exact) mass is 361 g/mol. The molecule has 0 aromatic rings. The predicted molar refractivity (Wildman–Crippen MR) is 74.8 cm³/mol. The van der Waals surface area contributed by atoms with Gasteiger partial charge in [0.15, 0.2) is 5.76 Å². The summed E-state index contributed by atoms with van der Waals surface area (Å²) in [6.45, 7) is 0.524. The van der Waals surface area contributed by atoms with Gasteiger partial charge in [-0.1, -0.05) is 0 Å². The maximum atomic E-state index is 10.8. The number of hydrogen-bond donors (Lipinski definition) is 5. The number of carbonyl (C=O) groups is 3. The van der Waals surface area contributed by atoms with Gasteiger partial charge in [0.1, 0.15) is 12.2 Å². The number of hydrogen-bond acceptors (Lipinski definition) is 10. The Balaban J connectivity index is 0. The van der Waals surface area contributed by atoms with Gasteiger partial charge in [0.2, 0.25) is 5.91 Å². The molecule has 3 atom stereocenters. The zero-order valence-electron chi connectivity index (χ0n) is 12.1. The number of thiol groups is 1. The standard InChI is InChI=1S/C6H8O6.C5H9NO3S.Mg/c7-1-2(8)5-3(9)4(10)6(11)12-5;1-3(7)6-4(2-10)5(8)9;/h2,5,7-10H,1H2;4,10H,2H2,1H3,(H,6,7)(H,8,9);/q;;+2/p-2/t2-,5+;4-;/m00./s1. The van der Waals surface area contributed by atoms with Crippen LogP contribution in [0.5, 0.6) is 0 Å². The third kappa shape index (κ3) is 7.74. The fourth-order valence-electron chi connectivity index (χ4n) is 1.23. The summed E-state index contributed by atoms with van der Waals surface area (Å²) in [5, 5.41) is 49.0. The van der Waals surface area contributed by atoms with Gasteiger partial charge in [0, 0.05) is 12.7 Å². The van der Waals surface area contributed by atoms with Crippen molar-refractivity contribution in [3.63, 3.8) is 0 Å². The molecule has 0 radical (unpaired) electrons. The van der Waals surface area contributed by atoms with Crippen molar-refractivity contribution in [2.24, 2.45) is 0 Å². The molecule has 0 aromatic carbocycles. The van der Waals surface area contributed by atoms with Crippen LogP contribution < -0.4 is 15.5 Å². The molecule has 0 unspecified atom stereocenters. The maximum absolute atomic E-state index is 10.8. The topological polar surface area (TPSA) is 179 Å². The van der Waals surface area contributed by atoms with Crippen molar-refractivity contribution in [1.82, 2.24) is 5.32 Å². The Hall–Kier alpha value is -1.21. The van der Waals surface area contributed by atoms with Crippen molar-refractivity contribution in [2.75, 3.05) is 12.4 Å². The Morgan fingerprint density at radius 2 is 2.00 bits per heavy atom. The van der Waals surface area contributed by atoms with Gasteiger partial charge >= 0.3 is 29.0 Å². The molecule has 12 heteroatoms. The fraction of sp³-hybridized carbons (Fsp3) is 0.545. The molecule has 1 aliphatic rings. The minimum absolute atomic E-state index is 0. The van der Waals surface area contributed by atoms with Crippen molar-refractivity contribution in [3.05, 3.63) is 11.5 Å². The van der Waals surface area contributed by atoms with Gasteiger partial charge in [0.25, 0.3) is 0 Å². The Morgan fingerprint density at radius 3 is 2.22 bits per heavy atom. The number of aliphatic hydroxyl groups excluding tert-OH is 3. The Morgan fingerprint density at radius 1 is 1.48 bits per heavy atom. The van der Waals surface area contributed by atoms with E-state index in [0.29, 0.717) is 0 Å². The third-order valence-electron chi connectivity index (χ3n) is 2.30. The first-order valence-electron chi connectivity index (χ1n) is 5.84. The minimum Gasteiger partial charge on any atom is -0.870 e. The van der Waals surface area contributed by atoms with Crippen molar-refractivity contribution in [3.8, 4) is 0 Å². The number of aliphatic carboxylic acids is 1. The minimum atomic E-state index is -1.48. The number of carbonyl (C=O) groups excluding carboxylic acids is 3. The maximum Gasteiger partial charge on any atom is 2.00 e. The number of rotatable bonds is 5. The van der Waals surface area contributed by atoms with E-state index in [1.54, 1.807) is 0 Å². The van der Waals surface area contributed by atoms with Gasteiger partial charge in [-0.25, -0.2) is 4.79 Å². The van der Waals surface area contributed by atoms with Crippen molar-refractivity contribution in [1.29, 1.82) is 0 Å². The van der Waals surface area contributed by atoms with Gasteiger partial charge in [0.05, 0.1) is 18.6 Å². The van der Waals surface area contributed by atoms with Crippen molar-refractivity contribution >= 4 is 53.5 Å². The molecule has 10 nitrogen and oxygen atoms in total. The van der Waals surface area contributed by atoms with Crippen LogP contribution in [0.4, 0.5) is 0 Å². The number of amides is 1. The molecule has 0 aromatic heterocycles. The summed E-state index contributed by atoms with van der Waals surface area (Å²) in [5.74, 6) is -4.87. The Labute approximate surface area is 152 Å². The number of esters is 1. The predicted octanol–water partition coefficient (Wildman–Crippen LogP) is -4.82. The van der Waals surface area contributed by atoms with Crippen LogP contribution in [0.1, 0.15) is 6.92 Å². The molecule has 1 amide bonds. The number of carboxylic acids is 1. The van der Waals surface area contributed by atoms with Crippen LogP contribution in [0.15, 0.2) is 11.5 Å². The van der Waals surface area contributed by atoms with Crippen LogP contribution in [0.2, 0.25) is 0 Å². The first-order chi connectivity index (χ1) is 10.1. The normalized spacial score (nSPS) is 18.8. The number of carboxylic acid groups (broad SMARTS) is 1. The molecule has 23 heavy (non-hydrogen) atoms. The van der Waals surface area contributed by atoms with E-state index in [-0.39, 0.29) is 28.8 Å². The van der Waals surface area contributed by atoms with Gasteiger partial charge in [-0.15, -0.1) is 0 Å². The molecule has 126 valence electrons. The van der Waals surface area contributed by atoms with E-state index in [9.17, 15) is 24.6 Å². The van der Waals surface area contributed by atoms with Crippen LogP contribution in [0.25, 0.3) is 0 Å². The van der Waals surface area contributed by atoms with E-state index in [4.69, 9.17) is 15.3 Å². The molecule has 0 fully saturated rings. The smallest absolute Gasteiger partial charge is 0.870 e. The average Bonchev–Trinajstić information content (AvgIpc) is 2.71. The Bertz CT molecular complexity index is 470. The first-order valence-corrected chi connectivity index (χ1v) is 6.47. The number of ether oxygens (including phenoxy) is 1. The number of nitrogens with one attached hydrogen (secondary N) is 1. The molecule has 0 saturated carbocycles. The van der Waals surface area contributed by atoms with E-state index in [1.807, 2.05) is 0 Å². The summed E-state index contributed by atoms with van der Waals surface area (Å²) in [6.07, 6.45) is -2.95. The summed E-state index contributed by atoms with van der Waals surface area (Å²) in [6, 6.07) is -0.985. The van der Waals surface area contributed by atoms with Crippen LogP contribution >= 0.6 is 12.6 Å². The summed E-state index contributed by atoms with van der Waals surface area (Å²) in [7, 11) is 0. The van der Waals surface area contributed by atoms with E-state index in [1.165, 1.54) is 6.92 Å². The summed E-state index contributed by atoms with van der Waals surface area (Å²) in [4.78, 5) is 30.9. The molecule has 4 N–H and O–H groups in total. The molecular formula is C11H15MgNO9S. The van der Waals surface area contributed by atoms with Crippen LogP contribution in [0.3, 0.4) is 0 Å². The molecular weight excluding hydrogens is 346 g/mol. The van der Waals surface area contributed by atoms with Crippen LogP contribution in [-0.2, 0) is 19.1 Å². The second-order valence-corrected chi connectivity index (χ2v) is 4.41. The SMILES string of the molecule is CC(=O)N[C@@H](CS)C(=O)[O-].O=C1O[C@H]([C@@H](O)CO)C([O-])=C1O.[Mg+2]. The molecule has 0 saturated heterocycles. The molecule has 0 aliphatic carbocycles. The van der Waals surface area contributed by atoms with E-state index in [0.717, 1.165) is 0 Å². The second-order valence-electron chi connectivity index (χ2n) is 4.04. The first kappa shape index (κ1) is 24.0. The Kier molecular flexibility index (Phi) is 11.9. The van der Waals surface area contributed by atoms with Crippen molar-refractivity contribution in [2.45, 2.75) is 25.2 Å². The van der Waals surface area contributed by atoms with Gasteiger partial charge < -0.3 is 40.4 Å². The molecule has 0 bridgehead atoms. The van der Waals surface area contributed by atoms with Gasteiger partial charge in [-0.3, -0.25) is 4.79 Å². The van der Waals surface area contributed by atoms with Crippen LogP contribution in [-0.4, -0.2) is 86.8 Å². The van der Waals surface area contributed by atoms with Crippen LogP contribution in [0, 0.1) is 0 Å². The number of aliphatic hydroxyl groups is 3. The largest absolute Gasteiger partial charge is 2.00 e. The van der Waals surface area contributed by atoms with Gasteiger partial charge in [-0.2, -0.15) is 12.6 Å². The zero-order valence-corrected chi connectivity index (χ0v) is 14.4. The molecule has 0 spiro atoms. The van der Waals surface area contributed by atoms with Crippen molar-refractivity contribution < 1.29 is 44.7 Å².